The summed E-state index contributed by atoms with van der Waals surface area (Å²) < 4.78 is 5.05. The third kappa shape index (κ3) is 8.68. The van der Waals surface area contributed by atoms with E-state index in [-0.39, 0.29) is 28.7 Å². The van der Waals surface area contributed by atoms with E-state index in [4.69, 9.17) is 15.3 Å². The normalized spacial score (nSPS) is 18.6. The van der Waals surface area contributed by atoms with E-state index < -0.39 is 42.0 Å². The van der Waals surface area contributed by atoms with E-state index in [0.717, 1.165) is 35.5 Å². The number of nitrogens with one attached hydrogen (secondary N) is 1. The van der Waals surface area contributed by atoms with Gasteiger partial charge < -0.3 is 25.7 Å². The highest BCUT2D eigenvalue weighted by Gasteiger charge is 2.53. The minimum atomic E-state index is -1.21. The fraction of sp³-hybridized carbons (Fsp3) is 0.600. The number of aromatic nitrogens is 1. The second-order valence-electron chi connectivity index (χ2n) is 9.13. The Morgan fingerprint density at radius 1 is 1.18 bits per heavy atom. The van der Waals surface area contributed by atoms with E-state index in [9.17, 15) is 24.3 Å². The Labute approximate surface area is 235 Å². The average molecular weight is 582 g/mol. The predicted octanol–water partition coefficient (Wildman–Crippen LogP) is 3.24. The van der Waals surface area contributed by atoms with E-state index >= 15 is 0 Å². The molecule has 0 aromatic carbocycles. The number of carbonyl (C=O) groups excluding carboxylic acids is 3. The number of unbranched alkanes of at least 4 members (excludes halogenated alkanes) is 8. The molecule has 0 bridgehead atoms. The number of carboxylic acids is 1. The van der Waals surface area contributed by atoms with E-state index in [1.165, 1.54) is 61.7 Å². The van der Waals surface area contributed by atoms with Gasteiger partial charge in [-0.25, -0.2) is 9.78 Å². The van der Waals surface area contributed by atoms with Gasteiger partial charge in [0, 0.05) is 17.6 Å². The summed E-state index contributed by atoms with van der Waals surface area (Å²) >= 11 is 2.41. The van der Waals surface area contributed by atoms with Gasteiger partial charge in [-0.3, -0.25) is 19.3 Å². The van der Waals surface area contributed by atoms with Gasteiger partial charge in [0.2, 0.25) is 0 Å². The molecule has 1 fully saturated rings. The lowest BCUT2D eigenvalue weighted by Crippen LogP contribution is -2.70. The second kappa shape index (κ2) is 15.5. The number of nitrogens with two attached hydrogens (primary N) is 1. The number of aliphatic carboxylic acids is 1. The van der Waals surface area contributed by atoms with Gasteiger partial charge in [-0.05, 0) is 12.5 Å². The molecule has 0 saturated carbocycles. The van der Waals surface area contributed by atoms with Crippen LogP contribution in [0.5, 0.6) is 0 Å². The van der Waals surface area contributed by atoms with Gasteiger partial charge in [0.1, 0.15) is 22.8 Å². The molecule has 2 atom stereocenters. The van der Waals surface area contributed by atoms with Gasteiger partial charge in [0.15, 0.2) is 10.8 Å². The van der Waals surface area contributed by atoms with Crippen molar-refractivity contribution < 1.29 is 33.9 Å². The molecular weight excluding hydrogens is 546 g/mol. The van der Waals surface area contributed by atoms with Gasteiger partial charge in [-0.2, -0.15) is 0 Å². The van der Waals surface area contributed by atoms with E-state index in [0.29, 0.717) is 5.75 Å². The van der Waals surface area contributed by atoms with Gasteiger partial charge in [0.05, 0.1) is 0 Å². The summed E-state index contributed by atoms with van der Waals surface area (Å²) in [7, 11) is 0. The van der Waals surface area contributed by atoms with Crippen LogP contribution in [0.1, 0.15) is 76.8 Å². The number of amides is 2. The molecule has 1 saturated heterocycles. The standard InChI is InChI=1S/C25H35N5O7S2/c1-2-3-4-5-6-7-8-9-10-11-18(31)36-15-37-29-19(16-14-39-25(26)27-16)21(32)28-20-22(33)30-17(24(34)35)12-13-38-23(20)30/h12,14,20,23H,2-11,13,15H2,1H3,(H2,26,27)(H,28,32)(H,34,35)/b29-19-/t20?,23-/m1/s1. The van der Waals surface area contributed by atoms with Crippen LogP contribution >= 0.6 is 23.1 Å². The molecule has 4 N–H and O–H groups in total. The van der Waals surface area contributed by atoms with Crippen molar-refractivity contribution >= 4 is 57.7 Å². The molecule has 2 aliphatic heterocycles. The first-order valence-corrected chi connectivity index (χ1v) is 15.0. The number of carboxylic acid groups (broad SMARTS) is 1. The van der Waals surface area contributed by atoms with Crippen molar-refractivity contribution in [3.63, 3.8) is 0 Å². The molecule has 1 unspecified atom stereocenters. The Morgan fingerprint density at radius 3 is 2.51 bits per heavy atom. The van der Waals surface area contributed by atoms with Crippen LogP contribution in [0.4, 0.5) is 5.13 Å². The van der Waals surface area contributed by atoms with Crippen LogP contribution in [0.25, 0.3) is 0 Å². The van der Waals surface area contributed by atoms with Gasteiger partial charge in [-0.1, -0.05) is 63.4 Å². The number of nitrogens with zero attached hydrogens (tertiary/aromatic N) is 3. The number of β-lactam (4-membered cyclic amide) rings is 1. The second-order valence-corrected chi connectivity index (χ2v) is 11.2. The SMILES string of the molecule is CCCCCCCCCCCC(=O)OCO/N=C(\C(=O)NC1C(=O)N2C(C(=O)O)=CCS[C@H]12)c1csc(N)n1. The Hall–Kier alpha value is -3.13. The first kappa shape index (κ1) is 30.4. The Kier molecular flexibility index (Phi) is 12.1. The summed E-state index contributed by atoms with van der Waals surface area (Å²) in [6, 6.07) is -0.944. The number of hydrogen-bond donors (Lipinski definition) is 3. The fourth-order valence-electron chi connectivity index (χ4n) is 4.18. The largest absolute Gasteiger partial charge is 0.477 e. The fourth-order valence-corrected chi connectivity index (χ4v) is 5.93. The van der Waals surface area contributed by atoms with Crippen LogP contribution in [0.3, 0.4) is 0 Å². The molecule has 0 aliphatic carbocycles. The van der Waals surface area contributed by atoms with Crippen LogP contribution < -0.4 is 11.1 Å². The lowest BCUT2D eigenvalue weighted by Gasteiger charge is -2.48. The highest BCUT2D eigenvalue weighted by atomic mass is 32.2. The lowest BCUT2D eigenvalue weighted by molar-refractivity contribution is -0.156. The number of hydrogen-bond acceptors (Lipinski definition) is 11. The summed E-state index contributed by atoms with van der Waals surface area (Å²) in [6.07, 6.45) is 12.0. The van der Waals surface area contributed by atoms with Crippen LogP contribution in [-0.4, -0.2) is 68.4 Å². The number of thiazole rings is 1. The Balaban J connectivity index is 1.44. The third-order valence-electron chi connectivity index (χ3n) is 6.24. The Morgan fingerprint density at radius 2 is 1.87 bits per heavy atom. The summed E-state index contributed by atoms with van der Waals surface area (Å²) in [5, 5.41) is 16.8. The van der Waals surface area contributed by atoms with Crippen molar-refractivity contribution in [2.45, 2.75) is 82.5 Å². The highest BCUT2D eigenvalue weighted by molar-refractivity contribution is 8.00. The minimum Gasteiger partial charge on any atom is -0.477 e. The molecule has 12 nitrogen and oxygen atoms in total. The number of esters is 1. The zero-order chi connectivity index (χ0) is 28.2. The van der Waals surface area contributed by atoms with Crippen molar-refractivity contribution in [2.24, 2.45) is 5.16 Å². The summed E-state index contributed by atoms with van der Waals surface area (Å²) in [6.45, 7) is 1.71. The molecule has 0 radical (unpaired) electrons. The maximum atomic E-state index is 13.0. The van der Waals surface area contributed by atoms with Crippen molar-refractivity contribution in [1.82, 2.24) is 15.2 Å². The first-order chi connectivity index (χ1) is 18.8. The Bertz CT molecular complexity index is 1090. The highest BCUT2D eigenvalue weighted by Crippen LogP contribution is 2.37. The van der Waals surface area contributed by atoms with Crippen molar-refractivity contribution in [2.75, 3.05) is 18.3 Å². The van der Waals surface area contributed by atoms with Gasteiger partial charge >= 0.3 is 11.9 Å². The predicted molar refractivity (Wildman–Crippen MR) is 148 cm³/mol. The maximum absolute atomic E-state index is 13.0. The quantitative estimate of drug-likeness (QED) is 0.0619. The monoisotopic (exact) mass is 581 g/mol. The van der Waals surface area contributed by atoms with E-state index in [1.54, 1.807) is 0 Å². The van der Waals surface area contributed by atoms with Crippen molar-refractivity contribution in [1.29, 1.82) is 0 Å². The molecule has 1 aromatic heterocycles. The topological polar surface area (TPSA) is 174 Å². The molecule has 1 aromatic rings. The van der Waals surface area contributed by atoms with Gasteiger partial charge in [0.25, 0.3) is 18.6 Å². The summed E-state index contributed by atoms with van der Waals surface area (Å²) in [5.41, 5.74) is 5.46. The maximum Gasteiger partial charge on any atom is 0.352 e. The number of carbonyl (C=O) groups is 4. The summed E-state index contributed by atoms with van der Waals surface area (Å²) in [5.74, 6) is -2.54. The van der Waals surface area contributed by atoms with Crippen LogP contribution in [-0.2, 0) is 28.8 Å². The lowest BCUT2D eigenvalue weighted by atomic mass is 10.0. The zero-order valence-electron chi connectivity index (χ0n) is 21.9. The smallest absolute Gasteiger partial charge is 0.352 e. The molecule has 0 spiro atoms. The number of nitrogen functional groups attached to an aromatic ring is 1. The average Bonchev–Trinajstić information content (AvgIpc) is 3.35. The van der Waals surface area contributed by atoms with Gasteiger partial charge in [-0.15, -0.1) is 23.1 Å². The molecular formula is C25H35N5O7S2. The first-order valence-electron chi connectivity index (χ1n) is 13.1. The minimum absolute atomic E-state index is 0.108. The van der Waals surface area contributed by atoms with Crippen LogP contribution in [0.2, 0.25) is 0 Å². The van der Waals surface area contributed by atoms with Crippen molar-refractivity contribution in [3.05, 3.63) is 22.8 Å². The van der Waals surface area contributed by atoms with E-state index in [2.05, 4.69) is 22.4 Å². The molecule has 2 aliphatic rings. The molecule has 39 heavy (non-hydrogen) atoms. The molecule has 14 heteroatoms. The van der Waals surface area contributed by atoms with Crippen LogP contribution in [0, 0.1) is 0 Å². The summed E-state index contributed by atoms with van der Waals surface area (Å²) in [4.78, 5) is 59.2. The number of ether oxygens (including phenoxy) is 1. The number of anilines is 1. The molecule has 2 amide bonds. The number of oxime groups is 1. The number of thioether (sulfide) groups is 1. The molecule has 3 rings (SSSR count). The number of rotatable bonds is 17. The molecule has 214 valence electrons. The molecule has 3 heterocycles. The zero-order valence-corrected chi connectivity index (χ0v) is 23.6. The van der Waals surface area contributed by atoms with Crippen molar-refractivity contribution in [3.8, 4) is 0 Å². The van der Waals surface area contributed by atoms with E-state index in [1.807, 2.05) is 0 Å². The van der Waals surface area contributed by atoms with Crippen LogP contribution in [0.15, 0.2) is 22.3 Å². The number of fused-ring (bicyclic) bond motifs is 1. The third-order valence-corrected chi connectivity index (χ3v) is 8.10.